The van der Waals surface area contributed by atoms with Gasteiger partial charge >= 0.3 is 5.97 Å². The predicted octanol–water partition coefficient (Wildman–Crippen LogP) is 3.09. The van der Waals surface area contributed by atoms with Gasteiger partial charge in [-0.3, -0.25) is 9.59 Å². The zero-order valence-electron chi connectivity index (χ0n) is 19.1. The average molecular weight is 450 g/mol. The highest BCUT2D eigenvalue weighted by Gasteiger charge is 2.42. The van der Waals surface area contributed by atoms with Gasteiger partial charge in [-0.2, -0.15) is 0 Å². The Kier molecular flexibility index (Phi) is 6.20. The molecule has 8 heteroatoms. The molecule has 172 valence electrons. The monoisotopic (exact) mass is 450 g/mol. The first-order chi connectivity index (χ1) is 15.8. The first-order valence-electron chi connectivity index (χ1n) is 10.6. The van der Waals surface area contributed by atoms with Gasteiger partial charge in [0.25, 0.3) is 5.91 Å². The Labute approximate surface area is 191 Å². The van der Waals surface area contributed by atoms with Crippen LogP contribution in [0.1, 0.15) is 44.5 Å². The lowest BCUT2D eigenvalue weighted by atomic mass is 9.97. The number of esters is 1. The molecule has 0 bridgehead atoms. The van der Waals surface area contributed by atoms with Crippen molar-refractivity contribution < 1.29 is 23.5 Å². The number of methoxy groups -OCH3 is 2. The molecule has 1 aliphatic heterocycles. The maximum atomic E-state index is 13.5. The second-order valence-corrected chi connectivity index (χ2v) is 8.21. The summed E-state index contributed by atoms with van der Waals surface area (Å²) in [4.78, 5) is 42.5. The lowest BCUT2D eigenvalue weighted by Gasteiger charge is -2.25. The average Bonchev–Trinajstić information content (AvgIpc) is 3.10. The van der Waals surface area contributed by atoms with E-state index in [2.05, 4.69) is 0 Å². The number of amides is 1. The van der Waals surface area contributed by atoms with Crippen LogP contribution in [0.25, 0.3) is 11.0 Å². The van der Waals surface area contributed by atoms with Gasteiger partial charge in [-0.1, -0.05) is 12.1 Å². The maximum Gasteiger partial charge on any atom is 0.337 e. The highest BCUT2D eigenvalue weighted by molar-refractivity contribution is 5.99. The van der Waals surface area contributed by atoms with E-state index in [-0.39, 0.29) is 17.1 Å². The van der Waals surface area contributed by atoms with E-state index in [1.165, 1.54) is 14.2 Å². The van der Waals surface area contributed by atoms with Crippen molar-refractivity contribution in [3.05, 3.63) is 75.1 Å². The van der Waals surface area contributed by atoms with E-state index < -0.39 is 12.0 Å². The van der Waals surface area contributed by atoms with Gasteiger partial charge in [-0.15, -0.1) is 0 Å². The summed E-state index contributed by atoms with van der Waals surface area (Å²) in [6, 6.07) is 11.1. The topological polar surface area (TPSA) is 89.3 Å². The van der Waals surface area contributed by atoms with E-state index >= 15 is 0 Å². The van der Waals surface area contributed by atoms with Crippen LogP contribution in [0.15, 0.2) is 51.7 Å². The predicted molar refractivity (Wildman–Crippen MR) is 123 cm³/mol. The molecule has 0 fully saturated rings. The number of hydrogen-bond donors (Lipinski definition) is 0. The molecule has 33 heavy (non-hydrogen) atoms. The number of nitrogens with zero attached hydrogens (tertiary/aromatic N) is 2. The van der Waals surface area contributed by atoms with Gasteiger partial charge in [0.1, 0.15) is 11.3 Å². The largest absolute Gasteiger partial charge is 0.497 e. The zero-order chi connectivity index (χ0) is 23.7. The minimum Gasteiger partial charge on any atom is -0.497 e. The first-order valence-corrected chi connectivity index (χ1v) is 10.6. The SMILES string of the molecule is COC(=O)c1ccc(C2c3c(oc4cc(OC)ccc4c3=O)C(=O)N2CCCN(C)C)cc1. The Morgan fingerprint density at radius 3 is 2.45 bits per heavy atom. The van der Waals surface area contributed by atoms with Crippen LogP contribution in [-0.4, -0.2) is 63.1 Å². The van der Waals surface area contributed by atoms with E-state index in [1.54, 1.807) is 47.4 Å². The minimum atomic E-state index is -0.607. The minimum absolute atomic E-state index is 0.0488. The number of benzene rings is 2. The number of hydrogen-bond acceptors (Lipinski definition) is 7. The third-order valence-corrected chi connectivity index (χ3v) is 5.83. The summed E-state index contributed by atoms with van der Waals surface area (Å²) < 4.78 is 16.0. The molecule has 1 aliphatic rings. The van der Waals surface area contributed by atoms with Crippen LogP contribution in [0.3, 0.4) is 0 Å². The van der Waals surface area contributed by atoms with Gasteiger partial charge in [-0.05, 0) is 56.9 Å². The summed E-state index contributed by atoms with van der Waals surface area (Å²) in [5.74, 6) is -0.194. The molecule has 0 saturated carbocycles. The normalized spacial score (nSPS) is 15.2. The van der Waals surface area contributed by atoms with Crippen LogP contribution < -0.4 is 10.2 Å². The van der Waals surface area contributed by atoms with Gasteiger partial charge in [0.15, 0.2) is 5.43 Å². The lowest BCUT2D eigenvalue weighted by Crippen LogP contribution is -2.32. The highest BCUT2D eigenvalue weighted by atomic mass is 16.5. The number of fused-ring (bicyclic) bond motifs is 2. The summed E-state index contributed by atoms with van der Waals surface area (Å²) >= 11 is 0. The Bertz CT molecular complexity index is 1260. The quantitative estimate of drug-likeness (QED) is 0.511. The molecule has 2 aromatic carbocycles. The molecule has 2 heterocycles. The van der Waals surface area contributed by atoms with Crippen LogP contribution in [0.5, 0.6) is 5.75 Å². The van der Waals surface area contributed by atoms with Crippen molar-refractivity contribution in [1.29, 1.82) is 0 Å². The van der Waals surface area contributed by atoms with Crippen molar-refractivity contribution in [2.45, 2.75) is 12.5 Å². The number of carbonyl (C=O) groups is 2. The molecule has 8 nitrogen and oxygen atoms in total. The fourth-order valence-electron chi connectivity index (χ4n) is 4.18. The molecule has 3 aromatic rings. The van der Waals surface area contributed by atoms with Crippen molar-refractivity contribution in [1.82, 2.24) is 9.80 Å². The van der Waals surface area contributed by atoms with Crippen molar-refractivity contribution in [3.8, 4) is 5.75 Å². The molecule has 1 atom stereocenters. The first kappa shape index (κ1) is 22.5. The Morgan fingerprint density at radius 1 is 1.09 bits per heavy atom. The van der Waals surface area contributed by atoms with Crippen LogP contribution in [0.2, 0.25) is 0 Å². The Morgan fingerprint density at radius 2 is 1.82 bits per heavy atom. The molecular formula is C25H26N2O6. The standard InChI is InChI=1S/C25H26N2O6/c1-26(2)12-5-13-27-21(15-6-8-16(9-7-15)25(30)32-4)20-22(28)18-11-10-17(31-3)14-19(18)33-23(20)24(27)29/h6-11,14,21H,5,12-13H2,1-4H3. The molecular weight excluding hydrogens is 424 g/mol. The molecule has 1 aromatic heterocycles. The van der Waals surface area contributed by atoms with Gasteiger partial charge in [0, 0.05) is 12.6 Å². The molecule has 0 saturated heterocycles. The van der Waals surface area contributed by atoms with Crippen molar-refractivity contribution in [2.75, 3.05) is 41.4 Å². The smallest absolute Gasteiger partial charge is 0.337 e. The summed E-state index contributed by atoms with van der Waals surface area (Å²) in [6.07, 6.45) is 0.727. The van der Waals surface area contributed by atoms with E-state index in [1.807, 2.05) is 19.0 Å². The van der Waals surface area contributed by atoms with Gasteiger partial charge < -0.3 is 23.7 Å². The molecule has 1 unspecified atom stereocenters. The highest BCUT2D eigenvalue weighted by Crippen LogP contribution is 2.38. The van der Waals surface area contributed by atoms with Crippen molar-refractivity contribution >= 4 is 22.8 Å². The number of carbonyl (C=O) groups excluding carboxylic acids is 2. The zero-order valence-corrected chi connectivity index (χ0v) is 19.1. The third kappa shape index (κ3) is 4.09. The molecule has 0 N–H and O–H groups in total. The van der Waals surface area contributed by atoms with Crippen LogP contribution in [0, 0.1) is 0 Å². The molecule has 0 spiro atoms. The molecule has 0 aliphatic carbocycles. The van der Waals surface area contributed by atoms with E-state index in [0.29, 0.717) is 34.4 Å². The fourth-order valence-corrected chi connectivity index (χ4v) is 4.18. The van der Waals surface area contributed by atoms with Crippen LogP contribution >= 0.6 is 0 Å². The van der Waals surface area contributed by atoms with Crippen LogP contribution in [-0.2, 0) is 4.74 Å². The summed E-state index contributed by atoms with van der Waals surface area (Å²) in [5, 5.41) is 0.383. The van der Waals surface area contributed by atoms with E-state index in [9.17, 15) is 14.4 Å². The van der Waals surface area contributed by atoms with Gasteiger partial charge in [-0.25, -0.2) is 4.79 Å². The third-order valence-electron chi connectivity index (χ3n) is 5.83. The number of ether oxygens (including phenoxy) is 2. The number of rotatable bonds is 7. The van der Waals surface area contributed by atoms with Crippen molar-refractivity contribution in [3.63, 3.8) is 0 Å². The van der Waals surface area contributed by atoms with Gasteiger partial charge in [0.05, 0.1) is 36.8 Å². The summed E-state index contributed by atoms with van der Waals surface area (Å²) in [7, 11) is 6.78. The Balaban J connectivity index is 1.84. The second-order valence-electron chi connectivity index (χ2n) is 8.21. The Hall–Kier alpha value is -3.65. The van der Waals surface area contributed by atoms with Gasteiger partial charge in [0.2, 0.25) is 5.76 Å². The molecule has 1 amide bonds. The van der Waals surface area contributed by atoms with Crippen molar-refractivity contribution in [2.24, 2.45) is 0 Å². The van der Waals surface area contributed by atoms with Crippen LogP contribution in [0.4, 0.5) is 0 Å². The lowest BCUT2D eigenvalue weighted by molar-refractivity contribution is 0.0600. The molecule has 0 radical (unpaired) electrons. The summed E-state index contributed by atoms with van der Waals surface area (Å²) in [5.41, 5.74) is 1.48. The van der Waals surface area contributed by atoms with E-state index in [4.69, 9.17) is 13.9 Å². The fraction of sp³-hybridized carbons (Fsp3) is 0.320. The maximum absolute atomic E-state index is 13.5. The molecule has 4 rings (SSSR count). The van der Waals surface area contributed by atoms with E-state index in [0.717, 1.165) is 18.5 Å². The summed E-state index contributed by atoms with van der Waals surface area (Å²) in [6.45, 7) is 1.23. The second kappa shape index (κ2) is 9.07.